The molecule has 0 amide bonds. The van der Waals surface area contributed by atoms with Crippen molar-refractivity contribution < 1.29 is 0 Å². The molecule has 1 unspecified atom stereocenters. The molecule has 0 spiro atoms. The van der Waals surface area contributed by atoms with E-state index in [1.54, 1.807) is 18.6 Å². The van der Waals surface area contributed by atoms with Crippen LogP contribution in [0.5, 0.6) is 0 Å². The molecule has 3 rings (SSSR count). The van der Waals surface area contributed by atoms with Crippen LogP contribution >= 0.6 is 0 Å². The highest BCUT2D eigenvalue weighted by Crippen LogP contribution is 2.20. The first-order valence-corrected chi connectivity index (χ1v) is 6.83. The van der Waals surface area contributed by atoms with Crippen molar-refractivity contribution in [2.45, 2.75) is 12.5 Å². The van der Waals surface area contributed by atoms with E-state index >= 15 is 0 Å². The molecule has 1 aromatic carbocycles. The van der Waals surface area contributed by atoms with E-state index in [0.29, 0.717) is 0 Å². The molecular weight excluding hydrogens is 262 g/mol. The van der Waals surface area contributed by atoms with Gasteiger partial charge < -0.3 is 0 Å². The molecule has 0 radical (unpaired) electrons. The lowest BCUT2D eigenvalue weighted by Gasteiger charge is -2.18. The van der Waals surface area contributed by atoms with Crippen LogP contribution in [0.25, 0.3) is 5.69 Å². The monoisotopic (exact) mass is 279 g/mol. The molecule has 21 heavy (non-hydrogen) atoms. The van der Waals surface area contributed by atoms with Gasteiger partial charge in [0.25, 0.3) is 0 Å². The third-order valence-corrected chi connectivity index (χ3v) is 3.42. The predicted octanol–water partition coefficient (Wildman–Crippen LogP) is 2.01. The average molecular weight is 279 g/mol. The van der Waals surface area contributed by atoms with Crippen LogP contribution in [0.15, 0.2) is 67.1 Å². The molecule has 1 atom stereocenters. The van der Waals surface area contributed by atoms with Gasteiger partial charge in [-0.1, -0.05) is 18.2 Å². The van der Waals surface area contributed by atoms with Crippen LogP contribution in [-0.2, 0) is 6.42 Å². The average Bonchev–Trinajstić information content (AvgIpc) is 3.04. The van der Waals surface area contributed by atoms with Gasteiger partial charge in [-0.05, 0) is 42.3 Å². The lowest BCUT2D eigenvalue weighted by atomic mass is 10.0. The zero-order valence-electron chi connectivity index (χ0n) is 11.6. The number of nitrogens with zero attached hydrogens (tertiary/aromatic N) is 3. The highest BCUT2D eigenvalue weighted by atomic mass is 15.3. The molecule has 0 bridgehead atoms. The molecule has 3 N–H and O–H groups in total. The highest BCUT2D eigenvalue weighted by Gasteiger charge is 2.16. The van der Waals surface area contributed by atoms with Crippen LogP contribution < -0.4 is 11.3 Å². The summed E-state index contributed by atoms with van der Waals surface area (Å²) in [5.74, 6) is 5.75. The van der Waals surface area contributed by atoms with Crippen LogP contribution in [0.1, 0.15) is 17.3 Å². The van der Waals surface area contributed by atoms with E-state index in [0.717, 1.165) is 17.8 Å². The molecule has 0 saturated heterocycles. The van der Waals surface area contributed by atoms with E-state index in [4.69, 9.17) is 5.84 Å². The minimum absolute atomic E-state index is 0.0184. The molecule has 5 nitrogen and oxygen atoms in total. The van der Waals surface area contributed by atoms with Gasteiger partial charge in [0.05, 0.1) is 17.4 Å². The Labute approximate surface area is 123 Å². The van der Waals surface area contributed by atoms with Crippen molar-refractivity contribution in [2.75, 3.05) is 0 Å². The number of aromatic nitrogens is 3. The van der Waals surface area contributed by atoms with E-state index in [9.17, 15) is 0 Å². The quantitative estimate of drug-likeness (QED) is 0.554. The minimum atomic E-state index is -0.0184. The third-order valence-electron chi connectivity index (χ3n) is 3.42. The molecule has 2 heterocycles. The SMILES string of the molecule is NNC(Cc1ccncc1)c1ccnn1-c1ccccc1. The first-order valence-electron chi connectivity index (χ1n) is 6.83. The van der Waals surface area contributed by atoms with E-state index in [-0.39, 0.29) is 6.04 Å². The number of hydrogen-bond donors (Lipinski definition) is 2. The fourth-order valence-corrected chi connectivity index (χ4v) is 2.37. The summed E-state index contributed by atoms with van der Waals surface area (Å²) < 4.78 is 1.91. The Morgan fingerprint density at radius 2 is 1.76 bits per heavy atom. The molecule has 0 aliphatic carbocycles. The Kier molecular flexibility index (Phi) is 4.04. The van der Waals surface area contributed by atoms with Gasteiger partial charge >= 0.3 is 0 Å². The van der Waals surface area contributed by atoms with Crippen LogP contribution in [-0.4, -0.2) is 14.8 Å². The maximum Gasteiger partial charge on any atom is 0.0673 e. The van der Waals surface area contributed by atoms with E-state index in [1.165, 1.54) is 5.56 Å². The lowest BCUT2D eigenvalue weighted by Crippen LogP contribution is -2.31. The summed E-state index contributed by atoms with van der Waals surface area (Å²) in [7, 11) is 0. The second-order valence-corrected chi connectivity index (χ2v) is 4.78. The Morgan fingerprint density at radius 1 is 1.00 bits per heavy atom. The molecule has 106 valence electrons. The van der Waals surface area contributed by atoms with Crippen molar-refractivity contribution in [1.82, 2.24) is 20.2 Å². The summed E-state index contributed by atoms with van der Waals surface area (Å²) >= 11 is 0. The minimum Gasteiger partial charge on any atom is -0.271 e. The summed E-state index contributed by atoms with van der Waals surface area (Å²) in [5, 5.41) is 4.41. The molecule has 0 saturated carbocycles. The second kappa shape index (κ2) is 6.30. The van der Waals surface area contributed by atoms with Gasteiger partial charge in [-0.2, -0.15) is 5.10 Å². The van der Waals surface area contributed by atoms with Crippen LogP contribution in [0, 0.1) is 0 Å². The van der Waals surface area contributed by atoms with Gasteiger partial charge in [0.15, 0.2) is 0 Å². The van der Waals surface area contributed by atoms with Crippen LogP contribution in [0.2, 0.25) is 0 Å². The summed E-state index contributed by atoms with van der Waals surface area (Å²) in [6.45, 7) is 0. The maximum atomic E-state index is 5.75. The van der Waals surface area contributed by atoms with Gasteiger partial charge in [-0.25, -0.2) is 4.68 Å². The number of pyridine rings is 1. The summed E-state index contributed by atoms with van der Waals surface area (Å²) in [4.78, 5) is 4.04. The topological polar surface area (TPSA) is 68.8 Å². The summed E-state index contributed by atoms with van der Waals surface area (Å²) in [5.41, 5.74) is 6.11. The van der Waals surface area contributed by atoms with Crippen LogP contribution in [0.3, 0.4) is 0 Å². The van der Waals surface area contributed by atoms with Crippen molar-refractivity contribution in [3.63, 3.8) is 0 Å². The van der Waals surface area contributed by atoms with Crippen molar-refractivity contribution in [2.24, 2.45) is 5.84 Å². The summed E-state index contributed by atoms with van der Waals surface area (Å²) in [6, 6.07) is 16.0. The van der Waals surface area contributed by atoms with Gasteiger partial charge in [0.1, 0.15) is 0 Å². The van der Waals surface area contributed by atoms with E-state index < -0.39 is 0 Å². The molecule has 0 aliphatic heterocycles. The Balaban J connectivity index is 1.90. The predicted molar refractivity (Wildman–Crippen MR) is 81.6 cm³/mol. The molecule has 2 aromatic heterocycles. The van der Waals surface area contributed by atoms with Crippen molar-refractivity contribution in [1.29, 1.82) is 0 Å². The number of benzene rings is 1. The normalized spacial score (nSPS) is 12.2. The number of nitrogens with two attached hydrogens (primary N) is 1. The van der Waals surface area contributed by atoms with Crippen molar-refractivity contribution in [3.8, 4) is 5.69 Å². The molecular formula is C16H17N5. The smallest absolute Gasteiger partial charge is 0.0673 e. The molecule has 5 heteroatoms. The number of hydrazine groups is 1. The third kappa shape index (κ3) is 2.99. The summed E-state index contributed by atoms with van der Waals surface area (Å²) in [6.07, 6.45) is 6.14. The first kappa shape index (κ1) is 13.5. The largest absolute Gasteiger partial charge is 0.271 e. The Bertz CT molecular complexity index is 678. The van der Waals surface area contributed by atoms with Gasteiger partial charge in [0.2, 0.25) is 0 Å². The Morgan fingerprint density at radius 3 is 2.48 bits per heavy atom. The van der Waals surface area contributed by atoms with E-state index in [1.807, 2.05) is 53.2 Å². The number of hydrogen-bond acceptors (Lipinski definition) is 4. The fourth-order valence-electron chi connectivity index (χ4n) is 2.37. The zero-order chi connectivity index (χ0) is 14.5. The zero-order valence-corrected chi connectivity index (χ0v) is 11.6. The maximum absolute atomic E-state index is 5.75. The van der Waals surface area contributed by atoms with Crippen LogP contribution in [0.4, 0.5) is 0 Å². The van der Waals surface area contributed by atoms with E-state index in [2.05, 4.69) is 15.5 Å². The fraction of sp³-hybridized carbons (Fsp3) is 0.125. The van der Waals surface area contributed by atoms with Crippen molar-refractivity contribution >= 4 is 0 Å². The standard InChI is InChI=1S/C16H17N5/c17-20-15(12-13-6-9-18-10-7-13)16-8-11-19-21(16)14-4-2-1-3-5-14/h1-11,15,20H,12,17H2. The first-order chi connectivity index (χ1) is 10.4. The van der Waals surface area contributed by atoms with Gasteiger partial charge in [-0.15, -0.1) is 0 Å². The molecule has 0 fully saturated rings. The van der Waals surface area contributed by atoms with Gasteiger partial charge in [-0.3, -0.25) is 16.3 Å². The Hall–Kier alpha value is -2.50. The van der Waals surface area contributed by atoms with Crippen molar-refractivity contribution in [3.05, 3.63) is 78.4 Å². The molecule has 3 aromatic rings. The lowest BCUT2D eigenvalue weighted by molar-refractivity contribution is 0.522. The second-order valence-electron chi connectivity index (χ2n) is 4.78. The highest BCUT2D eigenvalue weighted by molar-refractivity contribution is 5.33. The number of nitrogens with one attached hydrogen (secondary N) is 1. The molecule has 0 aliphatic rings. The number of para-hydroxylation sites is 1. The number of rotatable bonds is 5. The van der Waals surface area contributed by atoms with Gasteiger partial charge in [0, 0.05) is 18.6 Å².